The Morgan fingerprint density at radius 3 is 1.81 bits per heavy atom. The van der Waals surface area contributed by atoms with Crippen molar-refractivity contribution in [1.29, 1.82) is 0 Å². The van der Waals surface area contributed by atoms with Gasteiger partial charge in [-0.05, 0) is 66.5 Å². The number of rotatable bonds is 23. The lowest BCUT2D eigenvalue weighted by atomic mass is 9.84. The van der Waals surface area contributed by atoms with Gasteiger partial charge >= 0.3 is 32.8 Å². The van der Waals surface area contributed by atoms with E-state index in [4.69, 9.17) is 48.6 Å². The third kappa shape index (κ3) is 23.8. The van der Waals surface area contributed by atoms with Gasteiger partial charge in [-0.15, -0.1) is 8.73 Å². The fourth-order valence-electron chi connectivity index (χ4n) is 6.05. The van der Waals surface area contributed by atoms with E-state index in [9.17, 15) is 30.6 Å². The highest BCUT2D eigenvalue weighted by Gasteiger charge is 2.45. The molecule has 1 aliphatic rings. The van der Waals surface area contributed by atoms with Crippen molar-refractivity contribution in [3.05, 3.63) is 125 Å². The molecule has 0 spiro atoms. The van der Waals surface area contributed by atoms with Gasteiger partial charge in [-0.25, -0.2) is 0 Å². The van der Waals surface area contributed by atoms with Gasteiger partial charge in [0.25, 0.3) is 0 Å². The van der Waals surface area contributed by atoms with E-state index in [0.717, 1.165) is 5.69 Å². The molecule has 19 nitrogen and oxygen atoms in total. The van der Waals surface area contributed by atoms with Crippen molar-refractivity contribution < 1.29 is 71.8 Å². The predicted octanol–water partition coefficient (Wildman–Crippen LogP) is 9.68. The summed E-state index contributed by atoms with van der Waals surface area (Å²) < 4.78 is 112. The van der Waals surface area contributed by atoms with Gasteiger partial charge in [-0.1, -0.05) is 85.2 Å². The zero-order valence-electron chi connectivity index (χ0n) is 38.9. The number of Topliss-reactive ketones (excluding diaryl/α,β-unsaturated/α-hetero) is 1. The largest absolute Gasteiger partial charge is 0.463 e. The summed E-state index contributed by atoms with van der Waals surface area (Å²) in [6.45, 7) is 8.00. The number of hydrogen-bond donors (Lipinski definition) is 1. The maximum absolute atomic E-state index is 15.4. The molecule has 0 aromatic heterocycles. The lowest BCUT2D eigenvalue weighted by molar-refractivity contribution is -0.248. The first kappa shape index (κ1) is 58.0. The maximum atomic E-state index is 15.4. The van der Waals surface area contributed by atoms with Crippen LogP contribution in [0.1, 0.15) is 50.9 Å². The van der Waals surface area contributed by atoms with Crippen molar-refractivity contribution in [1.82, 2.24) is 0 Å². The summed E-state index contributed by atoms with van der Waals surface area (Å²) >= 11 is 0. The molecule has 0 radical (unpaired) electrons. The van der Waals surface area contributed by atoms with Gasteiger partial charge in [0.15, 0.2) is 17.3 Å². The molecule has 4 aromatic rings. The number of nitrogen functional groups attached to an aromatic ring is 1. The van der Waals surface area contributed by atoms with Crippen LogP contribution in [0.25, 0.3) is 10.4 Å². The SMILES string of the molecule is CC(=O)OC[C@H]1OC(Oc2ccc(C(=O)CCCOCCOCCOCCN=[N+]=[N-])cc2OS(=O)(F)=Nc2ccccc2)[C@H](C)[C@@H](C)[C@H]1OC(C)=O.Nc1ccccc1.O=S(F)(F)=Nc1ccccc1. The Hall–Kier alpha value is -6.27. The van der Waals surface area contributed by atoms with E-state index >= 15 is 3.89 Å². The maximum Gasteiger partial charge on any atom is 0.382 e. The van der Waals surface area contributed by atoms with E-state index in [1.165, 1.54) is 56.3 Å². The first-order valence-corrected chi connectivity index (χ1v) is 24.3. The van der Waals surface area contributed by atoms with Crippen LogP contribution in [-0.4, -0.2) is 97.4 Å². The van der Waals surface area contributed by atoms with Crippen LogP contribution in [0.15, 0.2) is 123 Å². The van der Waals surface area contributed by atoms with Crippen LogP contribution >= 0.6 is 0 Å². The summed E-state index contributed by atoms with van der Waals surface area (Å²) in [5.41, 5.74) is 14.6. The minimum atomic E-state index is -5.00. The van der Waals surface area contributed by atoms with Crippen LogP contribution in [0, 0.1) is 11.8 Å². The molecule has 0 amide bonds. The molecule has 2 N–H and O–H groups in total. The van der Waals surface area contributed by atoms with Crippen LogP contribution in [0.5, 0.6) is 11.5 Å². The second kappa shape index (κ2) is 31.1. The van der Waals surface area contributed by atoms with E-state index in [0.29, 0.717) is 39.5 Å². The Balaban J connectivity index is 0.000000594. The van der Waals surface area contributed by atoms with Crippen LogP contribution < -0.4 is 14.7 Å². The molecule has 1 heterocycles. The van der Waals surface area contributed by atoms with E-state index in [2.05, 4.69) is 18.8 Å². The number of carbonyl (C=O) groups is 3. The molecule has 5 rings (SSSR count). The number of para-hydroxylation sites is 1. The number of ketones is 1. The Labute approximate surface area is 406 Å². The zero-order chi connectivity index (χ0) is 51.4. The molecule has 1 aliphatic heterocycles. The Morgan fingerprint density at radius 1 is 0.729 bits per heavy atom. The normalized spacial score (nSPS) is 18.1. The summed E-state index contributed by atoms with van der Waals surface area (Å²) in [5, 5.41) is 3.36. The number of carbonyl (C=O) groups excluding carboxylic acids is 3. The molecular formula is C46H57F3N6O13S2. The van der Waals surface area contributed by atoms with Crippen LogP contribution in [0.2, 0.25) is 0 Å². The summed E-state index contributed by atoms with van der Waals surface area (Å²) in [6.07, 6.45) is -2.27. The number of ether oxygens (including phenoxy) is 7. The van der Waals surface area contributed by atoms with Crippen LogP contribution in [-0.2, 0) is 58.9 Å². The molecule has 70 heavy (non-hydrogen) atoms. The number of anilines is 1. The topological polar surface area (TPSA) is 259 Å². The highest BCUT2D eigenvalue weighted by molar-refractivity contribution is 7.84. The van der Waals surface area contributed by atoms with Gasteiger partial charge < -0.3 is 43.1 Å². The van der Waals surface area contributed by atoms with E-state index < -0.39 is 57.3 Å². The van der Waals surface area contributed by atoms with Crippen molar-refractivity contribution in [2.75, 3.05) is 58.5 Å². The number of azide groups is 1. The van der Waals surface area contributed by atoms with Gasteiger partial charge in [0.2, 0.25) is 6.29 Å². The van der Waals surface area contributed by atoms with Crippen molar-refractivity contribution in [3.8, 4) is 11.5 Å². The van der Waals surface area contributed by atoms with Gasteiger partial charge in [-0.2, -0.15) is 8.42 Å². The van der Waals surface area contributed by atoms with Crippen molar-refractivity contribution in [2.24, 2.45) is 25.7 Å². The van der Waals surface area contributed by atoms with Crippen molar-refractivity contribution in [2.45, 2.75) is 59.0 Å². The number of hydrogen-bond acceptors (Lipinski definition) is 17. The lowest BCUT2D eigenvalue weighted by Gasteiger charge is -2.43. The van der Waals surface area contributed by atoms with Gasteiger partial charge in [0.1, 0.15) is 18.8 Å². The van der Waals surface area contributed by atoms with Gasteiger partial charge in [-0.3, -0.25) is 14.4 Å². The minimum absolute atomic E-state index is 0.0301. The summed E-state index contributed by atoms with van der Waals surface area (Å²) in [5.74, 6) is -2.67. The summed E-state index contributed by atoms with van der Waals surface area (Å²) in [7, 11) is -9.84. The van der Waals surface area contributed by atoms with Crippen molar-refractivity contribution in [3.63, 3.8) is 0 Å². The Morgan fingerprint density at radius 2 is 1.29 bits per heavy atom. The summed E-state index contributed by atoms with van der Waals surface area (Å²) in [6, 6.07) is 28.8. The molecule has 0 saturated carbocycles. The average Bonchev–Trinajstić information content (AvgIpc) is 3.30. The van der Waals surface area contributed by atoms with E-state index in [1.54, 1.807) is 43.3 Å². The molecule has 6 atom stereocenters. The molecule has 2 unspecified atom stereocenters. The molecule has 24 heteroatoms. The summed E-state index contributed by atoms with van der Waals surface area (Å²) in [4.78, 5) is 39.2. The third-order valence-corrected chi connectivity index (χ3v) is 10.7. The number of nitrogens with two attached hydrogens (primary N) is 1. The lowest BCUT2D eigenvalue weighted by Crippen LogP contribution is -2.54. The monoisotopic (exact) mass is 1020 g/mol. The molecule has 382 valence electrons. The Bertz CT molecular complexity index is 2530. The minimum Gasteiger partial charge on any atom is -0.463 e. The van der Waals surface area contributed by atoms with Gasteiger partial charge in [0.05, 0.1) is 44.4 Å². The molecular weight excluding hydrogens is 966 g/mol. The van der Waals surface area contributed by atoms with E-state index in [-0.39, 0.29) is 66.3 Å². The third-order valence-electron chi connectivity index (χ3n) is 9.48. The highest BCUT2D eigenvalue weighted by Crippen LogP contribution is 2.38. The smallest absolute Gasteiger partial charge is 0.382 e. The molecule has 1 saturated heterocycles. The van der Waals surface area contributed by atoms with Crippen LogP contribution in [0.4, 0.5) is 28.7 Å². The quantitative estimate of drug-likeness (QED) is 0.0106. The molecule has 4 aromatic carbocycles. The second-order valence-electron chi connectivity index (χ2n) is 14.9. The standard InChI is InChI=1S/C34H45FN4O12S.C6H5F2NOS.C6H7N/c1-23-24(2)34(50-32(22-47-25(3)40)33(23)48-26(4)41)49-30-13-12-27(21-31(30)51-52(35,43)38-28-9-6-5-7-10-28)29(42)11-8-15-44-17-19-46-20-18-45-16-14-37-39-36;7-11(8,10)9-6-4-2-1-3-5-6;7-6-4-2-1-3-5-6/h5-7,9-10,12-13,21,23-24,32-34H,8,11,14-20,22H2,1-4H3;1-5H;1-5H,7H2/t23-,24-,32-,33-,34?,52?;;/m1../s1. The zero-order valence-corrected chi connectivity index (χ0v) is 40.6. The number of halogens is 3. The fraction of sp³-hybridized carbons (Fsp3) is 0.413. The number of nitrogens with zero attached hydrogens (tertiary/aromatic N) is 5. The Kier molecular flexibility index (Phi) is 25.8. The highest BCUT2D eigenvalue weighted by atomic mass is 32.3. The fourth-order valence-corrected chi connectivity index (χ4v) is 7.18. The second-order valence-corrected chi connectivity index (χ2v) is 17.0. The van der Waals surface area contributed by atoms with E-state index in [1.807, 2.05) is 37.3 Å². The number of benzene rings is 4. The number of esters is 2. The van der Waals surface area contributed by atoms with Gasteiger partial charge in [0, 0.05) is 61.4 Å². The first-order valence-electron chi connectivity index (χ1n) is 21.6. The molecule has 0 aliphatic carbocycles. The predicted molar refractivity (Wildman–Crippen MR) is 254 cm³/mol. The molecule has 0 bridgehead atoms. The van der Waals surface area contributed by atoms with Crippen molar-refractivity contribution >= 4 is 55.7 Å². The molecule has 1 fully saturated rings. The van der Waals surface area contributed by atoms with Crippen LogP contribution in [0.3, 0.4) is 0 Å². The average molecular weight is 1020 g/mol. The first-order chi connectivity index (χ1) is 33.4.